The van der Waals surface area contributed by atoms with Gasteiger partial charge in [-0.1, -0.05) is 19.8 Å². The lowest BCUT2D eigenvalue weighted by Crippen LogP contribution is -2.43. The summed E-state index contributed by atoms with van der Waals surface area (Å²) in [5.74, 6) is 1.30. The van der Waals surface area contributed by atoms with Crippen LogP contribution in [0.4, 0.5) is 5.69 Å². The maximum Gasteiger partial charge on any atom is 0.258 e. The molecule has 1 aliphatic heterocycles. The average Bonchev–Trinajstić information content (AvgIpc) is 3.02. The third kappa shape index (κ3) is 4.08. The van der Waals surface area contributed by atoms with Gasteiger partial charge in [-0.3, -0.25) is 9.59 Å². The molecular formula is C19H26N2O3. The van der Waals surface area contributed by atoms with Gasteiger partial charge >= 0.3 is 0 Å². The highest BCUT2D eigenvalue weighted by atomic mass is 16.5. The van der Waals surface area contributed by atoms with E-state index in [0.717, 1.165) is 25.1 Å². The Hall–Kier alpha value is -2.04. The zero-order chi connectivity index (χ0) is 16.9. The minimum Gasteiger partial charge on any atom is -0.484 e. The van der Waals surface area contributed by atoms with Gasteiger partial charge < -0.3 is 15.0 Å². The highest BCUT2D eigenvalue weighted by Crippen LogP contribution is 2.25. The van der Waals surface area contributed by atoms with Crippen molar-refractivity contribution >= 4 is 17.5 Å². The summed E-state index contributed by atoms with van der Waals surface area (Å²) >= 11 is 0. The summed E-state index contributed by atoms with van der Waals surface area (Å²) in [5.41, 5.74) is 0.894. The van der Waals surface area contributed by atoms with Crippen molar-refractivity contribution in [3.8, 4) is 5.75 Å². The van der Waals surface area contributed by atoms with Gasteiger partial charge in [0.05, 0.1) is 0 Å². The van der Waals surface area contributed by atoms with Gasteiger partial charge in [0.1, 0.15) is 5.75 Å². The molecule has 0 radical (unpaired) electrons. The van der Waals surface area contributed by atoms with E-state index in [4.69, 9.17) is 4.74 Å². The van der Waals surface area contributed by atoms with Gasteiger partial charge in [0.2, 0.25) is 5.91 Å². The van der Waals surface area contributed by atoms with Gasteiger partial charge in [-0.2, -0.15) is 0 Å². The first-order chi connectivity index (χ1) is 11.6. The van der Waals surface area contributed by atoms with Crippen molar-refractivity contribution in [2.75, 3.05) is 18.1 Å². The van der Waals surface area contributed by atoms with E-state index in [1.165, 1.54) is 19.3 Å². The summed E-state index contributed by atoms with van der Waals surface area (Å²) in [6, 6.07) is 7.66. The van der Waals surface area contributed by atoms with E-state index in [-0.39, 0.29) is 24.5 Å². The fourth-order valence-electron chi connectivity index (χ4n) is 3.57. The molecule has 3 rings (SSSR count). The second-order valence-corrected chi connectivity index (χ2v) is 6.87. The molecule has 1 saturated carbocycles. The van der Waals surface area contributed by atoms with Crippen molar-refractivity contribution in [3.05, 3.63) is 24.3 Å². The number of rotatable bonds is 5. The molecule has 5 heteroatoms. The molecule has 130 valence electrons. The van der Waals surface area contributed by atoms with Gasteiger partial charge in [0, 0.05) is 24.7 Å². The first kappa shape index (κ1) is 16.8. The van der Waals surface area contributed by atoms with Crippen LogP contribution < -0.4 is 15.0 Å². The highest BCUT2D eigenvalue weighted by Gasteiger charge is 2.23. The molecule has 2 fully saturated rings. The lowest BCUT2D eigenvalue weighted by Gasteiger charge is -2.29. The van der Waals surface area contributed by atoms with Crippen LogP contribution in [0.15, 0.2) is 24.3 Å². The second kappa shape index (κ2) is 7.69. The Kier molecular flexibility index (Phi) is 5.38. The predicted octanol–water partition coefficient (Wildman–Crippen LogP) is 2.89. The van der Waals surface area contributed by atoms with E-state index in [2.05, 4.69) is 12.2 Å². The molecule has 0 bridgehead atoms. The normalized spacial score (nSPS) is 24.0. The predicted molar refractivity (Wildman–Crippen MR) is 93.1 cm³/mol. The van der Waals surface area contributed by atoms with Crippen LogP contribution in [0.25, 0.3) is 0 Å². The number of anilines is 1. The Morgan fingerprint density at radius 1 is 1.21 bits per heavy atom. The molecule has 1 N–H and O–H groups in total. The van der Waals surface area contributed by atoms with E-state index in [1.54, 1.807) is 4.90 Å². The zero-order valence-electron chi connectivity index (χ0n) is 14.3. The summed E-state index contributed by atoms with van der Waals surface area (Å²) < 4.78 is 5.57. The van der Waals surface area contributed by atoms with Gasteiger partial charge in [-0.05, 0) is 49.4 Å². The number of benzene rings is 1. The number of carbonyl (C=O) groups is 2. The van der Waals surface area contributed by atoms with Crippen LogP contribution in [-0.2, 0) is 9.59 Å². The zero-order valence-corrected chi connectivity index (χ0v) is 14.3. The fourth-order valence-corrected chi connectivity index (χ4v) is 3.57. The van der Waals surface area contributed by atoms with E-state index in [9.17, 15) is 9.59 Å². The monoisotopic (exact) mass is 330 g/mol. The van der Waals surface area contributed by atoms with E-state index in [1.807, 2.05) is 24.3 Å². The van der Waals surface area contributed by atoms with Crippen LogP contribution in [0.2, 0.25) is 0 Å². The highest BCUT2D eigenvalue weighted by molar-refractivity contribution is 5.95. The van der Waals surface area contributed by atoms with Crippen LogP contribution >= 0.6 is 0 Å². The van der Waals surface area contributed by atoms with E-state index < -0.39 is 0 Å². The van der Waals surface area contributed by atoms with Gasteiger partial charge in [-0.15, -0.1) is 0 Å². The Labute approximate surface area is 143 Å². The largest absolute Gasteiger partial charge is 0.484 e. The maximum absolute atomic E-state index is 12.1. The molecule has 1 aromatic carbocycles. The quantitative estimate of drug-likeness (QED) is 0.903. The molecular weight excluding hydrogens is 304 g/mol. The molecule has 5 nitrogen and oxygen atoms in total. The Bertz CT molecular complexity index is 585. The number of carbonyl (C=O) groups excluding carboxylic acids is 2. The van der Waals surface area contributed by atoms with Crippen molar-refractivity contribution < 1.29 is 14.3 Å². The Morgan fingerprint density at radius 3 is 2.62 bits per heavy atom. The molecule has 1 heterocycles. The Balaban J connectivity index is 1.47. The lowest BCUT2D eigenvalue weighted by molar-refractivity contribution is -0.124. The van der Waals surface area contributed by atoms with Crippen molar-refractivity contribution in [2.45, 2.75) is 51.5 Å². The number of nitrogens with one attached hydrogen (secondary N) is 1. The van der Waals surface area contributed by atoms with Crippen LogP contribution in [-0.4, -0.2) is 31.0 Å². The molecule has 1 aliphatic carbocycles. The molecule has 24 heavy (non-hydrogen) atoms. The number of hydrogen-bond donors (Lipinski definition) is 1. The van der Waals surface area contributed by atoms with Crippen LogP contribution in [0.3, 0.4) is 0 Å². The van der Waals surface area contributed by atoms with Crippen LogP contribution in [0, 0.1) is 5.92 Å². The number of nitrogens with zero attached hydrogens (tertiary/aromatic N) is 1. The molecule has 2 amide bonds. The summed E-state index contributed by atoms with van der Waals surface area (Å²) in [7, 11) is 0. The standard InChI is InChI=1S/C19H26N2O3/c1-14-5-2-3-6-17(14)20-18(22)13-24-16-10-8-15(9-11-16)21-12-4-7-19(21)23/h8-11,14,17H,2-7,12-13H2,1H3,(H,20,22)/t14-,17+/m1/s1. The smallest absolute Gasteiger partial charge is 0.258 e. The minimum atomic E-state index is -0.0625. The molecule has 1 saturated heterocycles. The fraction of sp³-hybridized carbons (Fsp3) is 0.579. The van der Waals surface area contributed by atoms with Crippen molar-refractivity contribution in [2.24, 2.45) is 5.92 Å². The van der Waals surface area contributed by atoms with Crippen molar-refractivity contribution in [1.29, 1.82) is 0 Å². The average molecular weight is 330 g/mol. The van der Waals surface area contributed by atoms with Crippen LogP contribution in [0.1, 0.15) is 45.4 Å². The summed E-state index contributed by atoms with van der Waals surface area (Å²) in [4.78, 5) is 25.6. The van der Waals surface area contributed by atoms with Gasteiger partial charge in [-0.25, -0.2) is 0 Å². The van der Waals surface area contributed by atoms with Crippen LogP contribution in [0.5, 0.6) is 5.75 Å². The molecule has 1 aromatic rings. The third-order valence-electron chi connectivity index (χ3n) is 5.05. The van der Waals surface area contributed by atoms with E-state index >= 15 is 0 Å². The van der Waals surface area contributed by atoms with Gasteiger partial charge in [0.25, 0.3) is 5.91 Å². The first-order valence-electron chi connectivity index (χ1n) is 8.96. The van der Waals surface area contributed by atoms with Gasteiger partial charge in [0.15, 0.2) is 6.61 Å². The molecule has 2 atom stereocenters. The summed E-state index contributed by atoms with van der Waals surface area (Å²) in [6.07, 6.45) is 6.23. The minimum absolute atomic E-state index is 0.0329. The first-order valence-corrected chi connectivity index (χ1v) is 8.96. The maximum atomic E-state index is 12.1. The molecule has 2 aliphatic rings. The summed E-state index contributed by atoms with van der Waals surface area (Å²) in [6.45, 7) is 3.01. The van der Waals surface area contributed by atoms with Crippen molar-refractivity contribution in [3.63, 3.8) is 0 Å². The molecule has 0 spiro atoms. The number of ether oxygens (including phenoxy) is 1. The van der Waals surface area contributed by atoms with Crippen molar-refractivity contribution in [1.82, 2.24) is 5.32 Å². The van der Waals surface area contributed by atoms with E-state index in [0.29, 0.717) is 18.1 Å². The number of amides is 2. The SMILES string of the molecule is C[C@@H]1CCCC[C@@H]1NC(=O)COc1ccc(N2CCCC2=O)cc1. The number of hydrogen-bond acceptors (Lipinski definition) is 3. The lowest BCUT2D eigenvalue weighted by atomic mass is 9.86. The molecule has 0 unspecified atom stereocenters. The topological polar surface area (TPSA) is 58.6 Å². The molecule has 0 aromatic heterocycles. The third-order valence-corrected chi connectivity index (χ3v) is 5.05. The Morgan fingerprint density at radius 2 is 1.96 bits per heavy atom. The second-order valence-electron chi connectivity index (χ2n) is 6.87. The summed E-state index contributed by atoms with van der Waals surface area (Å²) in [5, 5.41) is 3.08.